The van der Waals surface area contributed by atoms with Crippen LogP contribution in [0.4, 0.5) is 9.59 Å². The summed E-state index contributed by atoms with van der Waals surface area (Å²) in [6.45, 7) is 15.2. The summed E-state index contributed by atoms with van der Waals surface area (Å²) < 4.78 is 4.77. The van der Waals surface area contributed by atoms with Gasteiger partial charge in [0.25, 0.3) is 0 Å². The lowest BCUT2D eigenvalue weighted by Crippen LogP contribution is -2.39. The Morgan fingerprint density at radius 2 is 1.00 bits per heavy atom. The van der Waals surface area contributed by atoms with Crippen molar-refractivity contribution in [3.8, 4) is 0 Å². The quantitative estimate of drug-likeness (QED) is 0.500. The SMILES string of the molecule is C=CCN(CC=C)C(=O)OC(=O)N(CC=C)CC=C. The van der Waals surface area contributed by atoms with Crippen LogP contribution in [0.15, 0.2) is 50.6 Å². The second-order valence-corrected chi connectivity index (χ2v) is 3.60. The van der Waals surface area contributed by atoms with E-state index in [1.807, 2.05) is 0 Å². The van der Waals surface area contributed by atoms with E-state index in [0.717, 1.165) is 0 Å². The van der Waals surface area contributed by atoms with Crippen LogP contribution in [-0.2, 0) is 4.74 Å². The van der Waals surface area contributed by atoms with Crippen LogP contribution in [0.3, 0.4) is 0 Å². The van der Waals surface area contributed by atoms with Crippen molar-refractivity contribution in [2.24, 2.45) is 0 Å². The molecule has 0 aromatic heterocycles. The van der Waals surface area contributed by atoms with Gasteiger partial charge in [-0.1, -0.05) is 24.3 Å². The first kappa shape index (κ1) is 16.7. The molecular formula is C14H20N2O3. The van der Waals surface area contributed by atoms with Crippen LogP contribution in [0.5, 0.6) is 0 Å². The Labute approximate surface area is 114 Å². The number of hydrogen-bond donors (Lipinski definition) is 0. The van der Waals surface area contributed by atoms with Crippen molar-refractivity contribution in [2.75, 3.05) is 26.2 Å². The Balaban J connectivity index is 4.60. The van der Waals surface area contributed by atoms with Crippen LogP contribution in [0.2, 0.25) is 0 Å². The van der Waals surface area contributed by atoms with Crippen molar-refractivity contribution in [3.63, 3.8) is 0 Å². The van der Waals surface area contributed by atoms with Crippen molar-refractivity contribution < 1.29 is 14.3 Å². The van der Waals surface area contributed by atoms with E-state index in [-0.39, 0.29) is 26.2 Å². The molecule has 0 fully saturated rings. The maximum absolute atomic E-state index is 11.8. The van der Waals surface area contributed by atoms with Crippen LogP contribution < -0.4 is 0 Å². The fourth-order valence-corrected chi connectivity index (χ4v) is 1.27. The first-order valence-electron chi connectivity index (χ1n) is 5.79. The molecule has 0 aromatic carbocycles. The molecule has 0 N–H and O–H groups in total. The molecule has 2 amide bonds. The van der Waals surface area contributed by atoms with E-state index in [2.05, 4.69) is 26.3 Å². The molecule has 104 valence electrons. The molecule has 0 aliphatic heterocycles. The first-order valence-corrected chi connectivity index (χ1v) is 5.79. The summed E-state index contributed by atoms with van der Waals surface area (Å²) >= 11 is 0. The lowest BCUT2D eigenvalue weighted by molar-refractivity contribution is 0.104. The number of amides is 2. The summed E-state index contributed by atoms with van der Waals surface area (Å²) in [5.74, 6) is 0. The summed E-state index contributed by atoms with van der Waals surface area (Å²) in [6.07, 6.45) is 4.70. The van der Waals surface area contributed by atoms with E-state index in [9.17, 15) is 9.59 Å². The Hall–Kier alpha value is -2.30. The zero-order valence-electron chi connectivity index (χ0n) is 11.1. The predicted molar refractivity (Wildman–Crippen MR) is 75.8 cm³/mol. The topological polar surface area (TPSA) is 49.9 Å². The van der Waals surface area contributed by atoms with E-state index < -0.39 is 12.2 Å². The van der Waals surface area contributed by atoms with Gasteiger partial charge in [-0.3, -0.25) is 0 Å². The summed E-state index contributed by atoms with van der Waals surface area (Å²) in [7, 11) is 0. The maximum Gasteiger partial charge on any atom is 0.419 e. The highest BCUT2D eigenvalue weighted by atomic mass is 16.6. The Morgan fingerprint density at radius 3 is 1.21 bits per heavy atom. The summed E-state index contributed by atoms with van der Waals surface area (Å²) in [5, 5.41) is 0. The minimum absolute atomic E-state index is 0.279. The largest absolute Gasteiger partial charge is 0.419 e. The highest BCUT2D eigenvalue weighted by molar-refractivity contribution is 5.83. The number of carbonyl (C=O) groups is 2. The molecule has 0 rings (SSSR count). The third-order valence-electron chi connectivity index (χ3n) is 2.09. The molecule has 0 aliphatic carbocycles. The van der Waals surface area contributed by atoms with Crippen molar-refractivity contribution in [1.29, 1.82) is 0 Å². The Bertz CT molecular complexity index is 310. The van der Waals surface area contributed by atoms with Crippen molar-refractivity contribution in [3.05, 3.63) is 50.6 Å². The Kier molecular flexibility index (Phi) is 8.53. The molecule has 0 bridgehead atoms. The summed E-state index contributed by atoms with van der Waals surface area (Å²) in [4.78, 5) is 26.1. The number of carbonyl (C=O) groups excluding carboxylic acids is 2. The average molecular weight is 264 g/mol. The molecule has 5 heteroatoms. The van der Waals surface area contributed by atoms with E-state index in [4.69, 9.17) is 4.74 Å². The summed E-state index contributed by atoms with van der Waals surface area (Å²) in [5.41, 5.74) is 0. The van der Waals surface area contributed by atoms with Crippen LogP contribution in [-0.4, -0.2) is 48.2 Å². The lowest BCUT2D eigenvalue weighted by atomic mass is 10.5. The second kappa shape index (κ2) is 9.70. The normalized spacial score (nSPS) is 9.05. The number of ether oxygens (including phenoxy) is 1. The summed E-state index contributed by atoms with van der Waals surface area (Å²) in [6, 6.07) is 0. The van der Waals surface area contributed by atoms with Crippen LogP contribution in [0, 0.1) is 0 Å². The van der Waals surface area contributed by atoms with Crippen molar-refractivity contribution in [1.82, 2.24) is 9.80 Å². The van der Waals surface area contributed by atoms with Gasteiger partial charge in [0.15, 0.2) is 0 Å². The van der Waals surface area contributed by atoms with E-state index >= 15 is 0 Å². The van der Waals surface area contributed by atoms with Gasteiger partial charge >= 0.3 is 12.2 Å². The molecule has 19 heavy (non-hydrogen) atoms. The molecule has 0 unspecified atom stereocenters. The number of rotatable bonds is 8. The van der Waals surface area contributed by atoms with Crippen LogP contribution in [0.1, 0.15) is 0 Å². The van der Waals surface area contributed by atoms with Crippen LogP contribution >= 0.6 is 0 Å². The van der Waals surface area contributed by atoms with Gasteiger partial charge in [-0.25, -0.2) is 9.59 Å². The second-order valence-electron chi connectivity index (χ2n) is 3.60. The van der Waals surface area contributed by atoms with Gasteiger partial charge < -0.3 is 14.5 Å². The lowest BCUT2D eigenvalue weighted by Gasteiger charge is -2.22. The minimum Gasteiger partial charge on any atom is -0.359 e. The van der Waals surface area contributed by atoms with Gasteiger partial charge in [0.1, 0.15) is 0 Å². The third-order valence-corrected chi connectivity index (χ3v) is 2.09. The first-order chi connectivity index (χ1) is 9.10. The molecular weight excluding hydrogens is 244 g/mol. The van der Waals surface area contributed by atoms with E-state index in [0.29, 0.717) is 0 Å². The molecule has 0 aromatic rings. The van der Waals surface area contributed by atoms with Crippen LogP contribution in [0.25, 0.3) is 0 Å². The minimum atomic E-state index is -0.733. The fourth-order valence-electron chi connectivity index (χ4n) is 1.27. The Morgan fingerprint density at radius 1 is 0.737 bits per heavy atom. The number of hydrogen-bond acceptors (Lipinski definition) is 3. The predicted octanol–water partition coefficient (Wildman–Crippen LogP) is 2.59. The zero-order valence-corrected chi connectivity index (χ0v) is 11.1. The van der Waals surface area contributed by atoms with Crippen molar-refractivity contribution >= 4 is 12.2 Å². The van der Waals surface area contributed by atoms with Gasteiger partial charge in [-0.15, -0.1) is 26.3 Å². The van der Waals surface area contributed by atoms with Gasteiger partial charge in [-0.05, 0) is 0 Å². The highest BCUT2D eigenvalue weighted by Gasteiger charge is 2.20. The molecule has 5 nitrogen and oxygen atoms in total. The molecule has 0 saturated heterocycles. The average Bonchev–Trinajstić information content (AvgIpc) is 2.38. The molecule has 0 saturated carbocycles. The van der Waals surface area contributed by atoms with E-state index in [1.165, 1.54) is 9.80 Å². The molecule has 0 aliphatic rings. The highest BCUT2D eigenvalue weighted by Crippen LogP contribution is 2.01. The van der Waals surface area contributed by atoms with Gasteiger partial charge in [0, 0.05) is 26.2 Å². The molecule has 0 heterocycles. The third kappa shape index (κ3) is 6.26. The maximum atomic E-state index is 11.8. The fraction of sp³-hybridized carbons (Fsp3) is 0.286. The van der Waals surface area contributed by atoms with Gasteiger partial charge in [0.2, 0.25) is 0 Å². The number of nitrogens with zero attached hydrogens (tertiary/aromatic N) is 2. The smallest absolute Gasteiger partial charge is 0.359 e. The van der Waals surface area contributed by atoms with Crippen molar-refractivity contribution in [2.45, 2.75) is 0 Å². The molecule has 0 radical (unpaired) electrons. The molecule has 0 atom stereocenters. The van der Waals surface area contributed by atoms with E-state index in [1.54, 1.807) is 24.3 Å². The monoisotopic (exact) mass is 264 g/mol. The molecule has 0 spiro atoms. The van der Waals surface area contributed by atoms with Gasteiger partial charge in [-0.2, -0.15) is 0 Å². The zero-order chi connectivity index (χ0) is 14.7. The van der Waals surface area contributed by atoms with Gasteiger partial charge in [0.05, 0.1) is 0 Å². The standard InChI is InChI=1S/C14H20N2O3/c1-5-9-15(10-6-2)13(17)19-14(18)16(11-7-3)12-8-4/h5-8H,1-4,9-12H2.